The molecule has 0 aliphatic carbocycles. The second kappa shape index (κ2) is 90.9. The van der Waals surface area contributed by atoms with Crippen LogP contribution in [0.3, 0.4) is 0 Å². The molecule has 24 rings (SSSR count). The van der Waals surface area contributed by atoms with Crippen molar-refractivity contribution in [1.29, 1.82) is 0 Å². The number of hydrogen-bond acceptors (Lipinski definition) is 54. The van der Waals surface area contributed by atoms with Crippen molar-refractivity contribution in [3.05, 3.63) is 340 Å². The van der Waals surface area contributed by atoms with Crippen LogP contribution in [-0.4, -0.2) is 224 Å². The number of aromatic nitrogens is 45. The van der Waals surface area contributed by atoms with Crippen molar-refractivity contribution in [2.24, 2.45) is 0 Å². The Morgan fingerprint density at radius 1 is 0.303 bits per heavy atom. The zero-order chi connectivity index (χ0) is 83.9. The molecule has 24 aromatic rings. The molecule has 0 saturated carbocycles. The minimum Gasteiger partial charge on any atom is -0.473 e. The molecule has 0 saturated heterocycles. The van der Waals surface area contributed by atoms with Gasteiger partial charge in [-0.25, -0.2) is 33.9 Å². The number of para-hydroxylation sites is 2. The lowest BCUT2D eigenvalue weighted by molar-refractivity contribution is 0.307. The summed E-state index contributed by atoms with van der Waals surface area (Å²) in [6, 6.07) is 24.8. The van der Waals surface area contributed by atoms with Crippen LogP contribution >= 0.6 is 104 Å². The van der Waals surface area contributed by atoms with Gasteiger partial charge in [-0.05, 0) is 110 Å². The van der Waals surface area contributed by atoms with Crippen LogP contribution < -0.4 is 0 Å². The fourth-order valence-electron chi connectivity index (χ4n) is 4.38. The van der Waals surface area contributed by atoms with E-state index in [1.807, 2.05) is 112 Å². The van der Waals surface area contributed by atoms with Gasteiger partial charge in [0.15, 0.2) is 25.4 Å². The van der Waals surface area contributed by atoms with E-state index in [0.29, 0.717) is 0 Å². The van der Waals surface area contributed by atoms with E-state index >= 15 is 0 Å². The number of furan rings is 1. The average molecular weight is 1790 g/mol. The summed E-state index contributed by atoms with van der Waals surface area (Å²) in [5.74, 6) is 0. The Morgan fingerprint density at radius 2 is 1.13 bits per heavy atom. The highest BCUT2D eigenvalue weighted by atomic mass is 32.1. The average Bonchev–Trinajstić information content (AvgIpc) is 1.75. The first kappa shape index (κ1) is 99.1. The summed E-state index contributed by atoms with van der Waals surface area (Å²) in [6.07, 6.45) is 51.2. The van der Waals surface area contributed by atoms with Crippen molar-refractivity contribution in [1.82, 2.24) is 224 Å². The highest BCUT2D eigenvalue weighted by Crippen LogP contribution is 2.04. The number of fused-ring (bicyclic) bond motifs is 1. The lowest BCUT2D eigenvalue weighted by Crippen LogP contribution is -1.64. The van der Waals surface area contributed by atoms with Crippen molar-refractivity contribution < 1.29 is 31.4 Å². The highest BCUT2D eigenvalue weighted by Gasteiger charge is 1.91. The zero-order valence-corrected chi connectivity index (χ0v) is 67.7. The first-order chi connectivity index (χ1) is 59.5. The summed E-state index contributed by atoms with van der Waals surface area (Å²) in [7, 11) is 0. The Kier molecular flexibility index (Phi) is 75.7. The molecule has 1 aromatic carbocycles. The number of nitrogens with one attached hydrogen (secondary N) is 7. The molecular weight excluding hydrogens is 1730 g/mol. The summed E-state index contributed by atoms with van der Waals surface area (Å²) < 4.78 is 58.8. The number of oxazole rings is 1. The van der Waals surface area contributed by atoms with Crippen LogP contribution in [0.15, 0.2) is 371 Å². The molecule has 23 aromatic heterocycles. The molecule has 0 aliphatic heterocycles. The summed E-state index contributed by atoms with van der Waals surface area (Å²) >= 11 is 12.5. The SMILES string of the molecule is c1c[nH]cn1.c1cc[nH]c1.c1ccc2n[nH]nc2c1.c1ccoc1.c1ccsc1.c1cn[nH]c1.c1cn[nH]n1.c1cnoc1.c1cnon1.c1cnsc1.c1cnsn1.c1cocn1.c1cscn1.c1csnn1.c1nc[nH]n1.c1ncon1.c1ncsn1.c1nn[nH]n1.c1nnco1.c1nncs1.c1nnno1.c1nnns1.c1nnsn1. The predicted octanol–water partition coefficient (Wildman–Crippen LogP) is 9.96. The monoisotopic (exact) mass is 1790 g/mol. The summed E-state index contributed by atoms with van der Waals surface area (Å²) in [5, 5.41) is 103. The molecule has 0 spiro atoms. The van der Waals surface area contributed by atoms with Crippen LogP contribution in [0.25, 0.3) is 11.0 Å². The molecule has 0 bridgehead atoms. The number of H-pyrrole nitrogens is 7. The Hall–Kier alpha value is -16.0. The fourth-order valence-corrected chi connectivity index (χ4v) is 7.05. The van der Waals surface area contributed by atoms with Crippen LogP contribution in [0.4, 0.5) is 0 Å². The smallest absolute Gasteiger partial charge is 0.235 e. The van der Waals surface area contributed by atoms with Gasteiger partial charge >= 0.3 is 0 Å². The number of hydrogen-bond donors (Lipinski definition) is 7. The number of rotatable bonds is 0. The first-order valence-electron chi connectivity index (χ1n) is 30.8. The maximum absolute atomic E-state index is 4.58. The van der Waals surface area contributed by atoms with E-state index in [1.165, 1.54) is 158 Å². The van der Waals surface area contributed by atoms with Gasteiger partial charge in [-0.1, -0.05) is 68.7 Å². The maximum Gasteiger partial charge on any atom is 0.235 e. The third kappa shape index (κ3) is 82.8. The molecule has 0 fully saturated rings. The molecule has 0 amide bonds. The van der Waals surface area contributed by atoms with Crippen molar-refractivity contribution >= 4 is 115 Å². The Bertz CT molecular complexity index is 3300. The second-order valence-corrected chi connectivity index (χ2v) is 21.9. The lowest BCUT2D eigenvalue weighted by atomic mass is 10.3. The van der Waals surface area contributed by atoms with Crippen LogP contribution in [0.1, 0.15) is 0 Å². The molecule has 616 valence electrons. The number of benzene rings is 1. The van der Waals surface area contributed by atoms with Gasteiger partial charge in [0.05, 0.1) is 109 Å². The van der Waals surface area contributed by atoms with E-state index in [0.717, 1.165) is 29.2 Å². The largest absolute Gasteiger partial charge is 0.473 e. The lowest BCUT2D eigenvalue weighted by Gasteiger charge is -1.78. The Morgan fingerprint density at radius 3 is 1.36 bits per heavy atom. The molecule has 23 heterocycles. The highest BCUT2D eigenvalue weighted by molar-refractivity contribution is 7.08. The van der Waals surface area contributed by atoms with E-state index in [1.54, 1.807) is 156 Å². The minimum atomic E-state index is 0.914. The van der Waals surface area contributed by atoms with Gasteiger partial charge < -0.3 is 36.8 Å². The van der Waals surface area contributed by atoms with Crippen molar-refractivity contribution in [2.75, 3.05) is 0 Å². The summed E-state index contributed by atoms with van der Waals surface area (Å²) in [6.45, 7) is 0. The van der Waals surface area contributed by atoms with Crippen LogP contribution in [0, 0.1) is 0 Å². The van der Waals surface area contributed by atoms with Crippen LogP contribution in [0.5, 0.6) is 0 Å². The quantitative estimate of drug-likeness (QED) is 0.0742. The molecule has 119 heavy (non-hydrogen) atoms. The van der Waals surface area contributed by atoms with Gasteiger partial charge in [0.25, 0.3) is 0 Å². The Balaban J connectivity index is 0.000000422. The molecule has 0 unspecified atom stereocenters. The van der Waals surface area contributed by atoms with Gasteiger partial charge in [-0.15, -0.1) is 68.6 Å². The van der Waals surface area contributed by atoms with E-state index < -0.39 is 0 Å². The van der Waals surface area contributed by atoms with E-state index in [-0.39, 0.29) is 0 Å². The number of tetrazole rings is 1. The normalized spacial score (nSPS) is 8.17. The van der Waals surface area contributed by atoms with Gasteiger partial charge in [0.1, 0.15) is 64.6 Å². The summed E-state index contributed by atoms with van der Waals surface area (Å²) in [4.78, 5) is 27.2. The molecule has 0 aliphatic rings. The Labute approximate surface area is 705 Å². The molecular formula is C58H63N45O7S9. The van der Waals surface area contributed by atoms with Crippen molar-refractivity contribution in [2.45, 2.75) is 0 Å². The van der Waals surface area contributed by atoms with Crippen LogP contribution in [0.2, 0.25) is 0 Å². The number of thiazole rings is 1. The molecule has 52 nitrogen and oxygen atoms in total. The fraction of sp³-hybridized carbons (Fsp3) is 0. The molecule has 0 radical (unpaired) electrons. The maximum atomic E-state index is 4.58. The van der Waals surface area contributed by atoms with Crippen molar-refractivity contribution in [3.63, 3.8) is 0 Å². The van der Waals surface area contributed by atoms with E-state index in [2.05, 4.69) is 256 Å². The van der Waals surface area contributed by atoms with Gasteiger partial charge in [0.2, 0.25) is 25.6 Å². The third-order valence-corrected chi connectivity index (χ3v) is 12.5. The molecule has 7 N–H and O–H groups in total. The second-order valence-electron chi connectivity index (χ2n) is 16.0. The number of thiophene rings is 1. The minimum absolute atomic E-state index is 0.914. The standard InChI is InChI=1S/C6H5N3.C4H5N.C4H4O.C4H4S.2C3H4N2.2C3H3NO.2C3H3NS.2C2H3N3.3C2H2N2O.4C2H2N2S.CH2N4.CHN3O.2CHN3S/c1-2-4-6-5(3-1)7-9-8-6;3*1-2-4-5-3-1;1-2-5-3-4-1;1-2-4-5-3-1;1-2-5-3-4-1;1-2-4-5-3-1;1-2-5-3-4-1;1-2-4-5-3-1;1-3-2-5-4-1;1-2-4-5-3-1;1-3-4-2-5-1;1-3-2-5-4-1;1-2-4-5-3-1;1-3-4-2-5-1;1-3-2-5-4-1;1-2-5-4-3-1;2*1-2-4-5-3-1;2*1-2-3-4-5-1;1-2-4-5-3-1/h1-4H,(H,7,8,9);1-5H;2*1-4H;2*1-3H,(H,4,5);4*1-3H;2*1-2H,(H,3,4,5);7*1-2H;1H,(H,2,3,4,5);3*1H. The van der Waals surface area contributed by atoms with E-state index in [9.17, 15) is 0 Å². The first-order valence-corrected chi connectivity index (χ1v) is 38.5. The number of aromatic amines is 7. The topological polar surface area (TPSA) is 692 Å². The van der Waals surface area contributed by atoms with E-state index in [4.69, 9.17) is 0 Å². The van der Waals surface area contributed by atoms with Gasteiger partial charge in [-0.2, -0.15) is 75.1 Å². The number of nitrogens with zero attached hydrogens (tertiary/aromatic N) is 38. The number of imidazole rings is 1. The summed E-state index contributed by atoms with van der Waals surface area (Å²) in [5.41, 5.74) is 10.2. The van der Waals surface area contributed by atoms with Crippen LogP contribution in [-0.2, 0) is 0 Å². The third-order valence-electron chi connectivity index (χ3n) is 8.37. The molecule has 61 heteroatoms. The van der Waals surface area contributed by atoms with Gasteiger partial charge in [0, 0.05) is 77.2 Å². The molecule has 0 atom stereocenters. The van der Waals surface area contributed by atoms with Gasteiger partial charge in [-0.3, -0.25) is 15.2 Å². The zero-order valence-electron chi connectivity index (χ0n) is 60.4. The predicted molar refractivity (Wildman–Crippen MR) is 429 cm³/mol. The van der Waals surface area contributed by atoms with Crippen molar-refractivity contribution in [3.8, 4) is 0 Å².